The van der Waals surface area contributed by atoms with E-state index in [0.29, 0.717) is 6.54 Å². The molecule has 0 bridgehead atoms. The molecule has 1 aromatic carbocycles. The van der Waals surface area contributed by atoms with E-state index in [9.17, 15) is 9.59 Å². The number of carbonyl (C=O) groups excluding carboxylic acids is 2. The van der Waals surface area contributed by atoms with Crippen LogP contribution in [0.2, 0.25) is 0 Å². The molecular formula is C13H19N3O2. The number of likely N-dealkylation sites (N-methyl/N-ethyl adjacent to an activating group) is 1. The van der Waals surface area contributed by atoms with Gasteiger partial charge in [0.1, 0.15) is 0 Å². The first-order valence-electron chi connectivity index (χ1n) is 5.89. The molecule has 0 unspecified atom stereocenters. The average molecular weight is 249 g/mol. The second kappa shape index (κ2) is 6.64. The molecule has 0 aromatic heterocycles. The molecule has 0 radical (unpaired) electrons. The Labute approximate surface area is 107 Å². The molecule has 0 fully saturated rings. The molecule has 0 heterocycles. The summed E-state index contributed by atoms with van der Waals surface area (Å²) < 4.78 is 0. The maximum absolute atomic E-state index is 11.3. The van der Waals surface area contributed by atoms with Gasteiger partial charge in [-0.3, -0.25) is 9.59 Å². The minimum atomic E-state index is -0.0394. The van der Waals surface area contributed by atoms with Crippen LogP contribution in [0.4, 0.5) is 11.4 Å². The molecule has 0 saturated carbocycles. The van der Waals surface area contributed by atoms with Crippen LogP contribution in [-0.2, 0) is 9.59 Å². The van der Waals surface area contributed by atoms with Crippen LogP contribution in [0.25, 0.3) is 0 Å². The van der Waals surface area contributed by atoms with Crippen molar-refractivity contribution in [2.75, 3.05) is 30.4 Å². The molecule has 1 rings (SSSR count). The van der Waals surface area contributed by atoms with Gasteiger partial charge in [-0.25, -0.2) is 0 Å². The van der Waals surface area contributed by atoms with Crippen LogP contribution in [0, 0.1) is 0 Å². The maximum Gasteiger partial charge on any atom is 0.239 e. The molecule has 0 aliphatic carbocycles. The highest BCUT2D eigenvalue weighted by atomic mass is 16.2. The molecular weight excluding hydrogens is 230 g/mol. The van der Waals surface area contributed by atoms with Gasteiger partial charge < -0.3 is 15.5 Å². The summed E-state index contributed by atoms with van der Waals surface area (Å²) in [6.07, 6.45) is 0. The zero-order valence-electron chi connectivity index (χ0n) is 11.0. The SMILES string of the molecule is CCNC(=O)CNc1ccc(N(C)C(C)=O)cc1. The zero-order chi connectivity index (χ0) is 13.5. The second-order valence-corrected chi connectivity index (χ2v) is 3.93. The highest BCUT2D eigenvalue weighted by Gasteiger charge is 2.05. The van der Waals surface area contributed by atoms with E-state index >= 15 is 0 Å². The van der Waals surface area contributed by atoms with Gasteiger partial charge in [-0.05, 0) is 31.2 Å². The van der Waals surface area contributed by atoms with Crippen LogP contribution >= 0.6 is 0 Å². The van der Waals surface area contributed by atoms with Gasteiger partial charge in [-0.15, -0.1) is 0 Å². The van der Waals surface area contributed by atoms with Crippen LogP contribution in [0.15, 0.2) is 24.3 Å². The van der Waals surface area contributed by atoms with Crippen LogP contribution in [0.3, 0.4) is 0 Å². The van der Waals surface area contributed by atoms with E-state index in [2.05, 4.69) is 10.6 Å². The van der Waals surface area contributed by atoms with E-state index in [1.165, 1.54) is 6.92 Å². The molecule has 18 heavy (non-hydrogen) atoms. The largest absolute Gasteiger partial charge is 0.376 e. The van der Waals surface area contributed by atoms with E-state index in [4.69, 9.17) is 0 Å². The first-order chi connectivity index (χ1) is 8.54. The van der Waals surface area contributed by atoms with E-state index < -0.39 is 0 Å². The smallest absolute Gasteiger partial charge is 0.239 e. The first kappa shape index (κ1) is 14.0. The van der Waals surface area contributed by atoms with Gasteiger partial charge in [0.25, 0.3) is 0 Å². The average Bonchev–Trinajstić information content (AvgIpc) is 2.36. The number of hydrogen-bond donors (Lipinski definition) is 2. The highest BCUT2D eigenvalue weighted by Crippen LogP contribution is 2.16. The molecule has 0 saturated heterocycles. The Kier molecular flexibility index (Phi) is 5.17. The van der Waals surface area contributed by atoms with Crippen LogP contribution in [0.1, 0.15) is 13.8 Å². The fraction of sp³-hybridized carbons (Fsp3) is 0.385. The molecule has 0 atom stereocenters. The fourth-order valence-electron chi connectivity index (χ4n) is 1.43. The predicted molar refractivity (Wildman–Crippen MR) is 72.7 cm³/mol. The fourth-order valence-corrected chi connectivity index (χ4v) is 1.43. The summed E-state index contributed by atoms with van der Waals surface area (Å²) in [6.45, 7) is 4.27. The van der Waals surface area contributed by atoms with Gasteiger partial charge in [0, 0.05) is 31.9 Å². The molecule has 5 nitrogen and oxygen atoms in total. The number of rotatable bonds is 5. The zero-order valence-corrected chi connectivity index (χ0v) is 11.0. The Morgan fingerprint density at radius 2 is 1.83 bits per heavy atom. The van der Waals surface area contributed by atoms with Crippen molar-refractivity contribution in [1.82, 2.24) is 5.32 Å². The summed E-state index contributed by atoms with van der Waals surface area (Å²) in [4.78, 5) is 24.0. The Hall–Kier alpha value is -2.04. The summed E-state index contributed by atoms with van der Waals surface area (Å²) in [6, 6.07) is 7.35. The Bertz CT molecular complexity index is 415. The number of nitrogens with one attached hydrogen (secondary N) is 2. The molecule has 0 spiro atoms. The molecule has 98 valence electrons. The van der Waals surface area contributed by atoms with Crippen molar-refractivity contribution in [3.8, 4) is 0 Å². The Balaban J connectivity index is 2.55. The quantitative estimate of drug-likeness (QED) is 0.824. The van der Waals surface area contributed by atoms with Gasteiger partial charge in [0.2, 0.25) is 11.8 Å². The molecule has 1 aromatic rings. The van der Waals surface area contributed by atoms with Gasteiger partial charge in [0.05, 0.1) is 6.54 Å². The summed E-state index contributed by atoms with van der Waals surface area (Å²) >= 11 is 0. The summed E-state index contributed by atoms with van der Waals surface area (Å²) in [5.74, 6) is -0.0551. The minimum Gasteiger partial charge on any atom is -0.376 e. The van der Waals surface area contributed by atoms with Crippen molar-refractivity contribution in [3.05, 3.63) is 24.3 Å². The van der Waals surface area contributed by atoms with Gasteiger partial charge in [-0.2, -0.15) is 0 Å². The van der Waals surface area contributed by atoms with Crippen LogP contribution in [0.5, 0.6) is 0 Å². The highest BCUT2D eigenvalue weighted by molar-refractivity contribution is 5.91. The standard InChI is InChI=1S/C13H19N3O2/c1-4-14-13(18)9-15-11-5-7-12(8-6-11)16(3)10(2)17/h5-8,15H,4,9H2,1-3H3,(H,14,18). The number of anilines is 2. The number of hydrogen-bond acceptors (Lipinski definition) is 3. The lowest BCUT2D eigenvalue weighted by molar-refractivity contribution is -0.119. The summed E-state index contributed by atoms with van der Waals surface area (Å²) in [7, 11) is 1.72. The Morgan fingerprint density at radius 1 is 1.22 bits per heavy atom. The normalized spacial score (nSPS) is 9.72. The van der Waals surface area contributed by atoms with Crippen molar-refractivity contribution < 1.29 is 9.59 Å². The second-order valence-electron chi connectivity index (χ2n) is 3.93. The molecule has 5 heteroatoms. The van der Waals surface area contributed by atoms with Crippen molar-refractivity contribution in [3.63, 3.8) is 0 Å². The first-order valence-corrected chi connectivity index (χ1v) is 5.89. The lowest BCUT2D eigenvalue weighted by atomic mass is 10.2. The molecule has 0 aliphatic heterocycles. The van der Waals surface area contributed by atoms with Crippen LogP contribution < -0.4 is 15.5 Å². The van der Waals surface area contributed by atoms with Crippen molar-refractivity contribution in [2.45, 2.75) is 13.8 Å². The molecule has 2 N–H and O–H groups in total. The van der Waals surface area contributed by atoms with Crippen molar-refractivity contribution >= 4 is 23.2 Å². The Morgan fingerprint density at radius 3 is 2.33 bits per heavy atom. The van der Waals surface area contributed by atoms with Crippen molar-refractivity contribution in [1.29, 1.82) is 0 Å². The molecule has 2 amide bonds. The number of benzene rings is 1. The third-order valence-corrected chi connectivity index (χ3v) is 2.55. The predicted octanol–water partition coefficient (Wildman–Crippen LogP) is 1.22. The van der Waals surface area contributed by atoms with Crippen molar-refractivity contribution in [2.24, 2.45) is 0 Å². The third-order valence-electron chi connectivity index (χ3n) is 2.55. The van der Waals surface area contributed by atoms with Crippen LogP contribution in [-0.4, -0.2) is 32.0 Å². The summed E-state index contributed by atoms with van der Waals surface area (Å²) in [5.41, 5.74) is 1.67. The van der Waals surface area contributed by atoms with Gasteiger partial charge in [0.15, 0.2) is 0 Å². The maximum atomic E-state index is 11.3. The van der Waals surface area contributed by atoms with E-state index in [0.717, 1.165) is 11.4 Å². The third kappa shape index (κ3) is 4.08. The number of amides is 2. The van der Waals surface area contributed by atoms with E-state index in [1.807, 2.05) is 31.2 Å². The lowest BCUT2D eigenvalue weighted by Crippen LogP contribution is -2.29. The lowest BCUT2D eigenvalue weighted by Gasteiger charge is -2.15. The minimum absolute atomic E-state index is 0.0157. The van der Waals surface area contributed by atoms with Gasteiger partial charge in [-0.1, -0.05) is 0 Å². The van der Waals surface area contributed by atoms with E-state index in [1.54, 1.807) is 11.9 Å². The van der Waals surface area contributed by atoms with E-state index in [-0.39, 0.29) is 18.4 Å². The molecule has 0 aliphatic rings. The topological polar surface area (TPSA) is 61.4 Å². The van der Waals surface area contributed by atoms with Gasteiger partial charge >= 0.3 is 0 Å². The summed E-state index contributed by atoms with van der Waals surface area (Å²) in [5, 5.41) is 5.72. The number of nitrogens with zero attached hydrogens (tertiary/aromatic N) is 1. The monoisotopic (exact) mass is 249 g/mol. The number of carbonyl (C=O) groups is 2.